The van der Waals surface area contributed by atoms with Gasteiger partial charge in [-0.3, -0.25) is 9.78 Å². The smallest absolute Gasteiger partial charge is 0.160 e. The summed E-state index contributed by atoms with van der Waals surface area (Å²) >= 11 is 0. The summed E-state index contributed by atoms with van der Waals surface area (Å²) < 4.78 is 0. The molecule has 1 saturated carbocycles. The Hall–Kier alpha value is -3.00. The summed E-state index contributed by atoms with van der Waals surface area (Å²) in [6.07, 6.45) is 13.8. The number of nitrogens with zero attached hydrogens (tertiary/aromatic N) is 1. The standard InChI is InChI=1S/C18H28.C16H15NO.C2H6/c1-4-18-12-11-17(13-15(18)3)10-9-16-7-5-14(2)6-8-16;1-4-13-8-14(5-6-16(13)12(3)18)15-7-11(2)9-17-10-15;1-2/h5-8,15,17-18H,4,9-13H2,1-3H3;4-10H,1H2,2-3H3;1-2H3. The number of Topliss-reactive ketones (excluding diaryl/α,β-unsaturated/α-hetero) is 1. The van der Waals surface area contributed by atoms with Crippen LogP contribution in [0.4, 0.5) is 0 Å². The van der Waals surface area contributed by atoms with Crippen molar-refractivity contribution in [2.24, 2.45) is 17.8 Å². The predicted molar refractivity (Wildman–Crippen MR) is 166 cm³/mol. The van der Waals surface area contributed by atoms with E-state index in [0.29, 0.717) is 5.56 Å². The maximum absolute atomic E-state index is 11.5. The Morgan fingerprint density at radius 1 is 0.974 bits per heavy atom. The van der Waals surface area contributed by atoms with Gasteiger partial charge in [0.2, 0.25) is 0 Å². The highest BCUT2D eigenvalue weighted by Crippen LogP contribution is 2.37. The maximum Gasteiger partial charge on any atom is 0.160 e. The van der Waals surface area contributed by atoms with Gasteiger partial charge in [-0.05, 0) is 98.6 Å². The highest BCUT2D eigenvalue weighted by molar-refractivity contribution is 5.98. The van der Waals surface area contributed by atoms with Gasteiger partial charge in [0.05, 0.1) is 0 Å². The van der Waals surface area contributed by atoms with Crippen molar-refractivity contribution in [2.45, 2.75) is 87.0 Å². The van der Waals surface area contributed by atoms with Gasteiger partial charge in [-0.1, -0.05) is 95.2 Å². The molecule has 0 amide bonds. The van der Waals surface area contributed by atoms with Crippen LogP contribution < -0.4 is 0 Å². The summed E-state index contributed by atoms with van der Waals surface area (Å²) in [4.78, 5) is 15.6. The van der Waals surface area contributed by atoms with Crippen molar-refractivity contribution in [3.63, 3.8) is 0 Å². The van der Waals surface area contributed by atoms with Crippen molar-refractivity contribution in [1.29, 1.82) is 0 Å². The van der Waals surface area contributed by atoms with Gasteiger partial charge in [0.25, 0.3) is 0 Å². The van der Waals surface area contributed by atoms with Crippen molar-refractivity contribution >= 4 is 11.9 Å². The fourth-order valence-corrected chi connectivity index (χ4v) is 5.51. The molecular weight excluding hydrogens is 462 g/mol. The van der Waals surface area contributed by atoms with E-state index in [-0.39, 0.29) is 5.78 Å². The van der Waals surface area contributed by atoms with Crippen LogP contribution in [0.15, 0.2) is 67.5 Å². The summed E-state index contributed by atoms with van der Waals surface area (Å²) in [6.45, 7) is 18.3. The summed E-state index contributed by atoms with van der Waals surface area (Å²) in [5.74, 6) is 2.98. The van der Waals surface area contributed by atoms with Gasteiger partial charge in [0, 0.05) is 23.5 Å². The van der Waals surface area contributed by atoms with Crippen LogP contribution >= 0.6 is 0 Å². The highest BCUT2D eigenvalue weighted by Gasteiger charge is 2.25. The number of rotatable bonds is 7. The Kier molecular flexibility index (Phi) is 13.2. The summed E-state index contributed by atoms with van der Waals surface area (Å²) in [6, 6.07) is 16.9. The van der Waals surface area contributed by atoms with E-state index in [1.165, 1.54) is 49.7 Å². The molecule has 4 rings (SSSR count). The van der Waals surface area contributed by atoms with E-state index in [0.717, 1.165) is 40.0 Å². The average Bonchev–Trinajstić information content (AvgIpc) is 2.94. The lowest BCUT2D eigenvalue weighted by Crippen LogP contribution is -2.22. The molecule has 2 nitrogen and oxygen atoms in total. The zero-order valence-corrected chi connectivity index (χ0v) is 24.9. The number of aromatic nitrogens is 1. The largest absolute Gasteiger partial charge is 0.294 e. The normalized spacial score (nSPS) is 18.3. The summed E-state index contributed by atoms with van der Waals surface area (Å²) in [5.41, 5.74) is 7.67. The van der Waals surface area contributed by atoms with Crippen molar-refractivity contribution in [2.75, 3.05) is 0 Å². The molecule has 0 N–H and O–H groups in total. The molecule has 1 aromatic heterocycles. The number of carbonyl (C=O) groups excluding carboxylic acids is 1. The quantitative estimate of drug-likeness (QED) is 0.295. The van der Waals surface area contributed by atoms with Crippen LogP contribution in [-0.2, 0) is 6.42 Å². The molecule has 3 atom stereocenters. The number of aryl methyl sites for hydroxylation is 3. The van der Waals surface area contributed by atoms with Crippen LogP contribution in [0.25, 0.3) is 17.2 Å². The Morgan fingerprint density at radius 2 is 1.68 bits per heavy atom. The van der Waals surface area contributed by atoms with E-state index in [4.69, 9.17) is 0 Å². The Morgan fingerprint density at radius 3 is 2.26 bits per heavy atom. The Balaban J connectivity index is 0.000000251. The molecule has 0 spiro atoms. The van der Waals surface area contributed by atoms with Crippen LogP contribution in [0.3, 0.4) is 0 Å². The SMILES string of the molecule is C=Cc1cc(-c2cncc(C)c2)ccc1C(C)=O.CC.CCC1CCC(CCc2ccc(C)cc2)CC1C. The lowest BCUT2D eigenvalue weighted by Gasteiger charge is -2.33. The third kappa shape index (κ3) is 9.39. The first-order chi connectivity index (χ1) is 18.3. The van der Waals surface area contributed by atoms with E-state index >= 15 is 0 Å². The molecule has 3 aromatic rings. The lowest BCUT2D eigenvalue weighted by molar-refractivity contribution is 0.101. The number of hydrogen-bond donors (Lipinski definition) is 0. The molecule has 0 saturated heterocycles. The molecule has 1 aliphatic carbocycles. The van der Waals surface area contributed by atoms with Crippen LogP contribution in [0, 0.1) is 31.6 Å². The van der Waals surface area contributed by atoms with Gasteiger partial charge >= 0.3 is 0 Å². The van der Waals surface area contributed by atoms with E-state index in [1.54, 1.807) is 13.0 Å². The zero-order valence-electron chi connectivity index (χ0n) is 24.9. The highest BCUT2D eigenvalue weighted by atomic mass is 16.1. The Labute approximate surface area is 232 Å². The van der Waals surface area contributed by atoms with Gasteiger partial charge in [-0.25, -0.2) is 0 Å². The molecule has 2 aromatic carbocycles. The molecule has 0 radical (unpaired) electrons. The minimum Gasteiger partial charge on any atom is -0.294 e. The van der Waals surface area contributed by atoms with Crippen LogP contribution in [-0.4, -0.2) is 10.8 Å². The van der Waals surface area contributed by atoms with Crippen LogP contribution in [0.2, 0.25) is 0 Å². The Bertz CT molecular complexity index is 1140. The lowest BCUT2D eigenvalue weighted by atomic mass is 9.72. The fraction of sp³-hybridized carbons (Fsp3) is 0.444. The third-order valence-electron chi connectivity index (χ3n) is 7.80. The molecule has 0 bridgehead atoms. The van der Waals surface area contributed by atoms with E-state index in [9.17, 15) is 4.79 Å². The van der Waals surface area contributed by atoms with Gasteiger partial charge < -0.3 is 0 Å². The topological polar surface area (TPSA) is 30.0 Å². The van der Waals surface area contributed by atoms with Crippen molar-refractivity contribution in [3.05, 3.63) is 95.3 Å². The van der Waals surface area contributed by atoms with Crippen LogP contribution in [0.1, 0.15) is 99.3 Å². The van der Waals surface area contributed by atoms with Gasteiger partial charge in [-0.15, -0.1) is 0 Å². The second-order valence-corrected chi connectivity index (χ2v) is 10.7. The zero-order chi connectivity index (χ0) is 28.1. The van der Waals surface area contributed by atoms with E-state index in [2.05, 4.69) is 62.7 Å². The van der Waals surface area contributed by atoms with Crippen LogP contribution in [0.5, 0.6) is 0 Å². The monoisotopic (exact) mass is 511 g/mol. The molecule has 1 aliphatic rings. The third-order valence-corrected chi connectivity index (χ3v) is 7.80. The molecule has 0 aliphatic heterocycles. The minimum absolute atomic E-state index is 0.0545. The molecule has 2 heteroatoms. The number of carbonyl (C=O) groups is 1. The first-order valence-electron chi connectivity index (χ1n) is 14.6. The molecule has 38 heavy (non-hydrogen) atoms. The summed E-state index contributed by atoms with van der Waals surface area (Å²) in [7, 11) is 0. The van der Waals surface area contributed by atoms with Crippen molar-refractivity contribution < 1.29 is 4.79 Å². The van der Waals surface area contributed by atoms with Crippen molar-refractivity contribution in [3.8, 4) is 11.1 Å². The molecular formula is C36H49NO. The number of hydrogen-bond acceptors (Lipinski definition) is 2. The number of pyridine rings is 1. The number of benzene rings is 2. The first kappa shape index (κ1) is 31.2. The average molecular weight is 512 g/mol. The fourth-order valence-electron chi connectivity index (χ4n) is 5.51. The predicted octanol–water partition coefficient (Wildman–Crippen LogP) is 10.3. The second kappa shape index (κ2) is 16.1. The molecule has 204 valence electrons. The van der Waals surface area contributed by atoms with E-state index in [1.807, 2.05) is 51.4 Å². The molecule has 1 fully saturated rings. The minimum atomic E-state index is 0.0545. The summed E-state index contributed by atoms with van der Waals surface area (Å²) in [5, 5.41) is 0. The maximum atomic E-state index is 11.5. The molecule has 1 heterocycles. The van der Waals surface area contributed by atoms with Gasteiger partial charge in [-0.2, -0.15) is 0 Å². The van der Waals surface area contributed by atoms with Gasteiger partial charge in [0.15, 0.2) is 5.78 Å². The second-order valence-electron chi connectivity index (χ2n) is 10.7. The molecule has 3 unspecified atom stereocenters. The number of ketones is 1. The van der Waals surface area contributed by atoms with Crippen molar-refractivity contribution in [1.82, 2.24) is 4.98 Å². The first-order valence-corrected chi connectivity index (χ1v) is 14.6. The van der Waals surface area contributed by atoms with E-state index < -0.39 is 0 Å². The van der Waals surface area contributed by atoms with Gasteiger partial charge in [0.1, 0.15) is 0 Å².